The number of rotatable bonds is 15. The molecule has 15 heteroatoms. The lowest BCUT2D eigenvalue weighted by molar-refractivity contribution is -0.160. The topological polar surface area (TPSA) is 184 Å². The van der Waals surface area contributed by atoms with E-state index in [1.807, 2.05) is 0 Å². The fraction of sp³-hybridized carbons (Fsp3) is 0.846. The van der Waals surface area contributed by atoms with Crippen LogP contribution in [0.3, 0.4) is 0 Å². The summed E-state index contributed by atoms with van der Waals surface area (Å²) in [6, 6.07) is 0. The highest BCUT2D eigenvalue weighted by Gasteiger charge is 2.28. The molecule has 0 aliphatic carbocycles. The smallest absolute Gasteiger partial charge is 0.462 e. The number of aliphatic hydroxyl groups is 1. The average Bonchev–Trinajstić information content (AvgIpc) is 2.61. The first-order chi connectivity index (χ1) is 12.9. The van der Waals surface area contributed by atoms with Crippen molar-refractivity contribution in [2.75, 3.05) is 33.5 Å². The summed E-state index contributed by atoms with van der Waals surface area (Å²) in [6.45, 7) is 0.353. The molecule has 0 radical (unpaired) electrons. The highest BCUT2D eigenvalue weighted by Crippen LogP contribution is 2.44. The van der Waals surface area contributed by atoms with Gasteiger partial charge in [-0.3, -0.25) is 27.7 Å². The van der Waals surface area contributed by atoms with Crippen molar-refractivity contribution in [3.8, 4) is 0 Å². The minimum atomic E-state index is -4.69. The lowest BCUT2D eigenvalue weighted by atomic mass is 10.3. The lowest BCUT2D eigenvalue weighted by Crippen LogP contribution is -2.29. The van der Waals surface area contributed by atoms with Gasteiger partial charge in [-0.15, -0.1) is 0 Å². The molecule has 0 aromatic carbocycles. The first kappa shape index (κ1) is 27.1. The van der Waals surface area contributed by atoms with Crippen molar-refractivity contribution in [3.63, 3.8) is 0 Å². The van der Waals surface area contributed by atoms with Gasteiger partial charge in [0, 0.05) is 20.5 Å². The van der Waals surface area contributed by atoms with Gasteiger partial charge in [-0.25, -0.2) is 9.13 Å². The molecule has 0 aliphatic rings. The zero-order chi connectivity index (χ0) is 21.8. The molecule has 2 unspecified atom stereocenters. The molecule has 13 nitrogen and oxygen atoms in total. The number of carbonyl (C=O) groups excluding carboxylic acids is 2. The van der Waals surface area contributed by atoms with E-state index in [4.69, 9.17) is 14.4 Å². The SMILES string of the molecule is CCCC(=O)O[C@H](COC(C)=O)COP(=O)(O)OC[C@@H](O)COP(=O)(O)OC. The van der Waals surface area contributed by atoms with Gasteiger partial charge in [0.25, 0.3) is 0 Å². The van der Waals surface area contributed by atoms with Crippen LogP contribution in [0, 0.1) is 0 Å². The molecule has 0 heterocycles. The number of phosphoric acid groups is 2. The number of hydrogen-bond donors (Lipinski definition) is 3. The normalized spacial score (nSPS) is 17.8. The van der Waals surface area contributed by atoms with E-state index >= 15 is 0 Å². The number of carbonyl (C=O) groups is 2. The molecule has 0 amide bonds. The minimum Gasteiger partial charge on any atom is -0.462 e. The summed E-state index contributed by atoms with van der Waals surface area (Å²) in [5, 5.41) is 9.52. The Balaban J connectivity index is 4.51. The summed E-state index contributed by atoms with van der Waals surface area (Å²) in [6.07, 6.45) is -2.10. The van der Waals surface area contributed by atoms with Crippen LogP contribution in [0.1, 0.15) is 26.7 Å². The fourth-order valence-corrected chi connectivity index (χ4v) is 2.71. The highest BCUT2D eigenvalue weighted by atomic mass is 31.2. The van der Waals surface area contributed by atoms with Gasteiger partial charge in [-0.1, -0.05) is 6.92 Å². The molecule has 0 aromatic heterocycles. The van der Waals surface area contributed by atoms with E-state index in [2.05, 4.69) is 18.1 Å². The van der Waals surface area contributed by atoms with Crippen LogP contribution in [0.5, 0.6) is 0 Å². The van der Waals surface area contributed by atoms with Crippen LogP contribution in [0.2, 0.25) is 0 Å². The van der Waals surface area contributed by atoms with Crippen LogP contribution < -0.4 is 0 Å². The Morgan fingerprint density at radius 3 is 2.00 bits per heavy atom. The second kappa shape index (κ2) is 13.4. The summed E-state index contributed by atoms with van der Waals surface area (Å²) in [5.74, 6) is -1.27. The zero-order valence-corrected chi connectivity index (χ0v) is 17.5. The van der Waals surface area contributed by atoms with Crippen LogP contribution in [0.4, 0.5) is 0 Å². The second-order valence-electron chi connectivity index (χ2n) is 5.33. The van der Waals surface area contributed by atoms with Gasteiger partial charge in [0.15, 0.2) is 6.10 Å². The Bertz CT molecular complexity index is 581. The molecule has 0 fully saturated rings. The molecule has 4 atom stereocenters. The van der Waals surface area contributed by atoms with Gasteiger partial charge in [0.2, 0.25) is 0 Å². The third kappa shape index (κ3) is 14.2. The summed E-state index contributed by atoms with van der Waals surface area (Å²) in [7, 11) is -8.09. The largest absolute Gasteiger partial charge is 0.472 e. The van der Waals surface area contributed by atoms with Gasteiger partial charge < -0.3 is 24.4 Å². The predicted octanol–water partition coefficient (Wildman–Crippen LogP) is 0.519. The van der Waals surface area contributed by atoms with Crippen molar-refractivity contribution in [2.45, 2.75) is 38.9 Å². The van der Waals surface area contributed by atoms with Gasteiger partial charge in [0.05, 0.1) is 19.8 Å². The molecule has 0 aromatic rings. The number of esters is 2. The first-order valence-corrected chi connectivity index (χ1v) is 11.1. The summed E-state index contributed by atoms with van der Waals surface area (Å²) in [4.78, 5) is 41.0. The van der Waals surface area contributed by atoms with Crippen molar-refractivity contribution in [2.24, 2.45) is 0 Å². The molecule has 0 aliphatic heterocycles. The molecule has 0 spiro atoms. The van der Waals surface area contributed by atoms with Crippen LogP contribution in [0.25, 0.3) is 0 Å². The van der Waals surface area contributed by atoms with E-state index < -0.39 is 66.2 Å². The molecular formula is C13H26O13P2. The van der Waals surface area contributed by atoms with E-state index in [1.165, 1.54) is 0 Å². The summed E-state index contributed by atoms with van der Waals surface area (Å²) in [5.41, 5.74) is 0. The van der Waals surface area contributed by atoms with Crippen molar-refractivity contribution >= 4 is 27.6 Å². The van der Waals surface area contributed by atoms with Crippen molar-refractivity contribution in [1.82, 2.24) is 0 Å². The van der Waals surface area contributed by atoms with Crippen LogP contribution in [-0.4, -0.2) is 72.6 Å². The maximum Gasteiger partial charge on any atom is 0.472 e. The third-order valence-electron chi connectivity index (χ3n) is 2.74. The molecule has 3 N–H and O–H groups in total. The van der Waals surface area contributed by atoms with E-state index in [0.717, 1.165) is 14.0 Å². The second-order valence-corrected chi connectivity index (χ2v) is 8.34. The molecule has 0 bridgehead atoms. The Labute approximate surface area is 162 Å². The molecule has 166 valence electrons. The van der Waals surface area contributed by atoms with E-state index in [1.54, 1.807) is 6.92 Å². The average molecular weight is 452 g/mol. The lowest BCUT2D eigenvalue weighted by Gasteiger charge is -2.20. The Hall–Kier alpha value is -0.880. The van der Waals surface area contributed by atoms with Crippen molar-refractivity contribution in [3.05, 3.63) is 0 Å². The van der Waals surface area contributed by atoms with Crippen LogP contribution >= 0.6 is 15.6 Å². The molecule has 0 saturated heterocycles. The molecule has 28 heavy (non-hydrogen) atoms. The Morgan fingerprint density at radius 1 is 0.964 bits per heavy atom. The van der Waals surface area contributed by atoms with E-state index in [0.29, 0.717) is 6.42 Å². The van der Waals surface area contributed by atoms with Gasteiger partial charge in [-0.2, -0.15) is 0 Å². The fourth-order valence-electron chi connectivity index (χ4n) is 1.45. The van der Waals surface area contributed by atoms with Gasteiger partial charge in [0.1, 0.15) is 12.7 Å². The summed E-state index contributed by atoms with van der Waals surface area (Å²) >= 11 is 0. The molecule has 0 rings (SSSR count). The van der Waals surface area contributed by atoms with E-state index in [-0.39, 0.29) is 6.42 Å². The molecule has 0 saturated carbocycles. The number of aliphatic hydroxyl groups excluding tert-OH is 1. The highest BCUT2D eigenvalue weighted by molar-refractivity contribution is 7.47. The minimum absolute atomic E-state index is 0.0895. The first-order valence-electron chi connectivity index (χ1n) is 8.06. The van der Waals surface area contributed by atoms with Crippen LogP contribution in [-0.2, 0) is 46.3 Å². The van der Waals surface area contributed by atoms with E-state index in [9.17, 15) is 28.7 Å². The van der Waals surface area contributed by atoms with Gasteiger partial charge >= 0.3 is 27.6 Å². The maximum atomic E-state index is 11.8. The summed E-state index contributed by atoms with van der Waals surface area (Å²) < 4.78 is 50.2. The monoisotopic (exact) mass is 452 g/mol. The van der Waals surface area contributed by atoms with Crippen LogP contribution in [0.15, 0.2) is 0 Å². The maximum absolute atomic E-state index is 11.8. The quantitative estimate of drug-likeness (QED) is 0.231. The Morgan fingerprint density at radius 2 is 1.50 bits per heavy atom. The number of ether oxygens (including phenoxy) is 2. The predicted molar refractivity (Wildman–Crippen MR) is 91.9 cm³/mol. The number of hydrogen-bond acceptors (Lipinski definition) is 11. The third-order valence-corrected chi connectivity index (χ3v) is 4.63. The zero-order valence-electron chi connectivity index (χ0n) is 15.7. The number of phosphoric ester groups is 2. The molecular weight excluding hydrogens is 426 g/mol. The van der Waals surface area contributed by atoms with Crippen molar-refractivity contribution in [1.29, 1.82) is 0 Å². The van der Waals surface area contributed by atoms with Crippen molar-refractivity contribution < 1.29 is 61.2 Å². The Kier molecular flexibility index (Phi) is 12.9. The standard InChI is InChI=1S/C13H26O13P2/c1-4-5-13(16)26-12(8-22-10(2)14)9-25-28(19,20)24-7-11(15)6-23-27(17,18)21-3/h11-12,15H,4-9H2,1-3H3,(H,17,18)(H,19,20)/t11-,12+/m0/s1. The van der Waals surface area contributed by atoms with Gasteiger partial charge in [-0.05, 0) is 6.42 Å².